The highest BCUT2D eigenvalue weighted by molar-refractivity contribution is 8.13. The molecule has 1 atom stereocenters. The molecule has 0 amide bonds. The Kier molecular flexibility index (Phi) is 8.01. The first kappa shape index (κ1) is 24.7. The second-order valence-electron chi connectivity index (χ2n) is 8.18. The number of benzene rings is 3. The van der Waals surface area contributed by atoms with E-state index < -0.39 is 5.97 Å². The zero-order chi connectivity index (χ0) is 24.8. The van der Waals surface area contributed by atoms with Crippen molar-refractivity contribution >= 4 is 57.5 Å². The minimum absolute atomic E-state index is 0.0292. The van der Waals surface area contributed by atoms with Crippen molar-refractivity contribution in [2.75, 3.05) is 0 Å². The highest BCUT2D eigenvalue weighted by atomic mass is 35.5. The molecule has 0 radical (unpaired) electrons. The number of pyridine rings is 1. The number of halogens is 1. The van der Waals surface area contributed by atoms with Crippen LogP contribution < -0.4 is 0 Å². The van der Waals surface area contributed by atoms with E-state index in [1.54, 1.807) is 19.1 Å². The summed E-state index contributed by atoms with van der Waals surface area (Å²) in [5.74, 6) is -0.937. The maximum absolute atomic E-state index is 12.0. The molecule has 0 fully saturated rings. The molecule has 1 heterocycles. The van der Waals surface area contributed by atoms with Crippen molar-refractivity contribution in [1.82, 2.24) is 4.98 Å². The molecule has 1 unspecified atom stereocenters. The van der Waals surface area contributed by atoms with Gasteiger partial charge in [-0.3, -0.25) is 4.79 Å². The summed E-state index contributed by atoms with van der Waals surface area (Å²) in [6, 6.07) is 24.7. The predicted octanol–water partition coefficient (Wildman–Crippen LogP) is 7.71. The number of aromatic carboxylic acids is 1. The normalized spacial score (nSPS) is 12.2. The van der Waals surface area contributed by atoms with Gasteiger partial charge in [0.15, 0.2) is 5.12 Å². The topological polar surface area (TPSA) is 67.3 Å². The summed E-state index contributed by atoms with van der Waals surface area (Å²) in [5.41, 5.74) is 4.76. The molecule has 0 saturated carbocycles. The van der Waals surface area contributed by atoms with Crippen molar-refractivity contribution in [3.63, 3.8) is 0 Å². The Morgan fingerprint density at radius 1 is 1.00 bits per heavy atom. The van der Waals surface area contributed by atoms with E-state index in [0.717, 1.165) is 33.3 Å². The van der Waals surface area contributed by atoms with E-state index in [1.807, 2.05) is 72.8 Å². The lowest BCUT2D eigenvalue weighted by Gasteiger charge is -2.17. The maximum Gasteiger partial charge on any atom is 0.335 e. The third-order valence-corrected chi connectivity index (χ3v) is 7.00. The molecule has 0 aliphatic rings. The summed E-state index contributed by atoms with van der Waals surface area (Å²) in [4.78, 5) is 28.2. The average Bonchev–Trinajstić information content (AvgIpc) is 2.85. The minimum Gasteiger partial charge on any atom is -0.478 e. The number of aromatic nitrogens is 1. The molecule has 1 aromatic heterocycles. The van der Waals surface area contributed by atoms with Crippen molar-refractivity contribution < 1.29 is 14.7 Å². The second-order valence-corrected chi connectivity index (χ2v) is 9.99. The molecule has 0 saturated heterocycles. The number of nitrogens with zero attached hydrogens (tertiary/aromatic N) is 1. The van der Waals surface area contributed by atoms with E-state index in [4.69, 9.17) is 11.6 Å². The number of carbonyl (C=O) groups is 2. The lowest BCUT2D eigenvalue weighted by molar-refractivity contribution is -0.109. The molecule has 4 rings (SSSR count). The van der Waals surface area contributed by atoms with Crippen LogP contribution in [0, 0.1) is 0 Å². The number of thioether (sulfide) groups is 1. The van der Waals surface area contributed by atoms with Gasteiger partial charge in [0.1, 0.15) is 0 Å². The van der Waals surface area contributed by atoms with Gasteiger partial charge in [-0.05, 0) is 59.9 Å². The van der Waals surface area contributed by atoms with Gasteiger partial charge in [-0.25, -0.2) is 9.78 Å². The molecule has 176 valence electrons. The van der Waals surface area contributed by atoms with E-state index in [2.05, 4.69) is 11.1 Å². The molecule has 35 heavy (non-hydrogen) atoms. The molecule has 1 N–H and O–H groups in total. The van der Waals surface area contributed by atoms with Gasteiger partial charge in [-0.15, -0.1) is 0 Å². The van der Waals surface area contributed by atoms with Crippen LogP contribution in [0.2, 0.25) is 5.02 Å². The lowest BCUT2D eigenvalue weighted by Crippen LogP contribution is -2.05. The van der Waals surface area contributed by atoms with Gasteiger partial charge in [0.2, 0.25) is 0 Å². The average molecular weight is 502 g/mol. The fraction of sp³-hybridized carbons (Fsp3) is 0.138. The Balaban J connectivity index is 1.54. The van der Waals surface area contributed by atoms with E-state index >= 15 is 0 Å². The van der Waals surface area contributed by atoms with Crippen LogP contribution in [-0.4, -0.2) is 21.2 Å². The van der Waals surface area contributed by atoms with Gasteiger partial charge in [-0.2, -0.15) is 0 Å². The largest absolute Gasteiger partial charge is 0.478 e. The van der Waals surface area contributed by atoms with Crippen molar-refractivity contribution in [3.05, 3.63) is 112 Å². The van der Waals surface area contributed by atoms with Crippen molar-refractivity contribution in [2.45, 2.75) is 25.0 Å². The van der Waals surface area contributed by atoms with E-state index in [1.165, 1.54) is 11.8 Å². The summed E-state index contributed by atoms with van der Waals surface area (Å²) >= 11 is 7.38. The number of hydrogen-bond acceptors (Lipinski definition) is 4. The van der Waals surface area contributed by atoms with Gasteiger partial charge in [0.25, 0.3) is 0 Å². The van der Waals surface area contributed by atoms with Gasteiger partial charge in [0, 0.05) is 22.6 Å². The molecular weight excluding hydrogens is 478 g/mol. The van der Waals surface area contributed by atoms with Crippen LogP contribution in [-0.2, 0) is 11.2 Å². The van der Waals surface area contributed by atoms with Crippen LogP contribution in [0.1, 0.15) is 51.3 Å². The molecule has 4 aromatic rings. The standard InChI is InChI=1S/C29H24ClNO3S/c1-19(32)35-28(16-12-21-6-2-3-8-26(21)29(33)34)23-7-4-5-20(17-23)9-14-25-15-11-22-10-13-24(30)18-27(22)31-25/h2-11,13-15,17-18,28H,12,16H2,1H3,(H,33,34). The first-order chi connectivity index (χ1) is 16.9. The molecule has 3 aromatic carbocycles. The number of aryl methyl sites for hydroxylation is 1. The molecular formula is C29H24ClNO3S. The highest BCUT2D eigenvalue weighted by Crippen LogP contribution is 2.35. The summed E-state index contributed by atoms with van der Waals surface area (Å²) in [7, 11) is 0. The van der Waals surface area contributed by atoms with E-state index in [-0.39, 0.29) is 10.4 Å². The quantitative estimate of drug-likeness (QED) is 0.268. The van der Waals surface area contributed by atoms with Crippen LogP contribution in [0.15, 0.2) is 78.9 Å². The predicted molar refractivity (Wildman–Crippen MR) is 145 cm³/mol. The molecule has 4 nitrogen and oxygen atoms in total. The van der Waals surface area contributed by atoms with Crippen LogP contribution in [0.4, 0.5) is 0 Å². The summed E-state index contributed by atoms with van der Waals surface area (Å²) in [5, 5.41) is 11.1. The number of fused-ring (bicyclic) bond motifs is 1. The number of carboxylic acid groups (broad SMARTS) is 1. The Morgan fingerprint density at radius 3 is 2.60 bits per heavy atom. The highest BCUT2D eigenvalue weighted by Gasteiger charge is 2.17. The Hall–Kier alpha value is -3.41. The van der Waals surface area contributed by atoms with Crippen LogP contribution in [0.3, 0.4) is 0 Å². The molecule has 0 spiro atoms. The minimum atomic E-state index is -0.937. The summed E-state index contributed by atoms with van der Waals surface area (Å²) < 4.78 is 0. The summed E-state index contributed by atoms with van der Waals surface area (Å²) in [6.45, 7) is 1.56. The second kappa shape index (κ2) is 11.3. The third-order valence-electron chi connectivity index (χ3n) is 5.64. The summed E-state index contributed by atoms with van der Waals surface area (Å²) in [6.07, 6.45) is 5.17. The number of carboxylic acids is 1. The van der Waals surface area contributed by atoms with Crippen molar-refractivity contribution in [1.29, 1.82) is 0 Å². The molecule has 0 bridgehead atoms. The van der Waals surface area contributed by atoms with E-state index in [9.17, 15) is 14.7 Å². The fourth-order valence-corrected chi connectivity index (χ4v) is 5.06. The van der Waals surface area contributed by atoms with E-state index in [0.29, 0.717) is 23.4 Å². The zero-order valence-electron chi connectivity index (χ0n) is 19.1. The maximum atomic E-state index is 12.0. The van der Waals surface area contributed by atoms with Gasteiger partial charge in [0.05, 0.1) is 16.8 Å². The lowest BCUT2D eigenvalue weighted by atomic mass is 9.98. The third kappa shape index (κ3) is 6.59. The number of hydrogen-bond donors (Lipinski definition) is 1. The van der Waals surface area contributed by atoms with Crippen LogP contribution in [0.25, 0.3) is 23.1 Å². The molecule has 0 aliphatic heterocycles. The first-order valence-electron chi connectivity index (χ1n) is 11.2. The fourth-order valence-electron chi connectivity index (χ4n) is 3.97. The smallest absolute Gasteiger partial charge is 0.335 e. The van der Waals surface area contributed by atoms with Crippen LogP contribution >= 0.6 is 23.4 Å². The van der Waals surface area contributed by atoms with Crippen molar-refractivity contribution in [2.24, 2.45) is 0 Å². The SMILES string of the molecule is CC(=O)SC(CCc1ccccc1C(=O)O)c1cccc(C=Cc2ccc3ccc(Cl)cc3n2)c1. The van der Waals surface area contributed by atoms with Crippen LogP contribution in [0.5, 0.6) is 0 Å². The van der Waals surface area contributed by atoms with Gasteiger partial charge >= 0.3 is 5.97 Å². The Morgan fingerprint density at radius 2 is 1.80 bits per heavy atom. The molecule has 0 aliphatic carbocycles. The number of carbonyl (C=O) groups excluding carboxylic acids is 1. The Labute approximate surface area is 213 Å². The molecule has 6 heteroatoms. The Bertz CT molecular complexity index is 1420. The monoisotopic (exact) mass is 501 g/mol. The van der Waals surface area contributed by atoms with Gasteiger partial charge < -0.3 is 5.11 Å². The number of rotatable bonds is 8. The van der Waals surface area contributed by atoms with Crippen molar-refractivity contribution in [3.8, 4) is 0 Å². The first-order valence-corrected chi connectivity index (χ1v) is 12.5. The van der Waals surface area contributed by atoms with Gasteiger partial charge in [-0.1, -0.05) is 84.0 Å². The zero-order valence-corrected chi connectivity index (χ0v) is 20.7.